The first-order chi connectivity index (χ1) is 10.0. The number of aromatic nitrogens is 3. The number of rotatable bonds is 3. The maximum Gasteiger partial charge on any atom is 0.269 e. The third-order valence-electron chi connectivity index (χ3n) is 3.35. The number of hydrogen-bond donors (Lipinski definition) is 2. The van der Waals surface area contributed by atoms with Gasteiger partial charge >= 0.3 is 0 Å². The van der Waals surface area contributed by atoms with Gasteiger partial charge in [-0.05, 0) is 24.6 Å². The van der Waals surface area contributed by atoms with E-state index in [1.54, 1.807) is 24.5 Å². The second-order valence-electron chi connectivity index (χ2n) is 4.98. The fraction of sp³-hybridized carbons (Fsp3) is 0.308. The van der Waals surface area contributed by atoms with Crippen LogP contribution < -0.4 is 5.32 Å². The summed E-state index contributed by atoms with van der Waals surface area (Å²) in [4.78, 5) is 16.1. The van der Waals surface area contributed by atoms with E-state index < -0.39 is 9.84 Å². The van der Waals surface area contributed by atoms with Gasteiger partial charge in [-0.1, -0.05) is 0 Å². The number of H-pyrrole nitrogens is 1. The number of hydrogen-bond acceptors (Lipinski definition) is 5. The number of carbonyl (C=O) groups is 1. The van der Waals surface area contributed by atoms with Crippen LogP contribution in [-0.4, -0.2) is 47.1 Å². The molecule has 1 aliphatic heterocycles. The molecule has 1 aliphatic rings. The Morgan fingerprint density at radius 2 is 2.29 bits per heavy atom. The average Bonchev–Trinajstić information content (AvgIpc) is 3.07. The Morgan fingerprint density at radius 1 is 1.43 bits per heavy atom. The lowest BCUT2D eigenvalue weighted by atomic mass is 10.2. The van der Waals surface area contributed by atoms with Gasteiger partial charge in [0, 0.05) is 24.0 Å². The quantitative estimate of drug-likeness (QED) is 0.853. The Kier molecular flexibility index (Phi) is 3.46. The van der Waals surface area contributed by atoms with Crippen LogP contribution in [-0.2, 0) is 9.84 Å². The fourth-order valence-corrected chi connectivity index (χ4v) is 3.95. The number of carbonyl (C=O) groups excluding carboxylic acids is 1. The van der Waals surface area contributed by atoms with Crippen LogP contribution in [0.15, 0.2) is 30.6 Å². The van der Waals surface area contributed by atoms with Gasteiger partial charge in [0.2, 0.25) is 0 Å². The van der Waals surface area contributed by atoms with Gasteiger partial charge in [-0.3, -0.25) is 14.9 Å². The van der Waals surface area contributed by atoms with Crippen molar-refractivity contribution in [3.63, 3.8) is 0 Å². The monoisotopic (exact) mass is 306 g/mol. The first kappa shape index (κ1) is 13.7. The molecule has 3 heterocycles. The number of pyridine rings is 1. The molecule has 1 fully saturated rings. The van der Waals surface area contributed by atoms with Gasteiger partial charge in [0.15, 0.2) is 9.84 Å². The van der Waals surface area contributed by atoms with Crippen molar-refractivity contribution in [1.82, 2.24) is 20.5 Å². The minimum absolute atomic E-state index is 0.00232. The molecule has 0 aliphatic carbocycles. The van der Waals surface area contributed by atoms with E-state index >= 15 is 0 Å². The van der Waals surface area contributed by atoms with Crippen molar-refractivity contribution in [1.29, 1.82) is 0 Å². The van der Waals surface area contributed by atoms with Crippen LogP contribution >= 0.6 is 0 Å². The summed E-state index contributed by atoms with van der Waals surface area (Å²) < 4.78 is 22.7. The van der Waals surface area contributed by atoms with Gasteiger partial charge in [0.25, 0.3) is 5.91 Å². The molecule has 21 heavy (non-hydrogen) atoms. The molecule has 0 saturated carbocycles. The van der Waals surface area contributed by atoms with Gasteiger partial charge in [-0.2, -0.15) is 5.10 Å². The molecular weight excluding hydrogens is 292 g/mol. The maximum absolute atomic E-state index is 12.1. The largest absolute Gasteiger partial charge is 0.347 e. The van der Waals surface area contributed by atoms with Crippen molar-refractivity contribution in [3.8, 4) is 11.3 Å². The summed E-state index contributed by atoms with van der Waals surface area (Å²) in [5, 5.41) is 9.44. The number of amides is 1. The first-order valence-corrected chi connectivity index (χ1v) is 8.33. The molecule has 7 nitrogen and oxygen atoms in total. The van der Waals surface area contributed by atoms with E-state index in [4.69, 9.17) is 0 Å². The molecule has 3 rings (SSSR count). The van der Waals surface area contributed by atoms with E-state index in [-0.39, 0.29) is 23.5 Å². The van der Waals surface area contributed by atoms with E-state index in [1.807, 2.05) is 6.07 Å². The summed E-state index contributed by atoms with van der Waals surface area (Å²) >= 11 is 0. The molecule has 0 spiro atoms. The van der Waals surface area contributed by atoms with Crippen LogP contribution in [0.3, 0.4) is 0 Å². The molecule has 110 valence electrons. The van der Waals surface area contributed by atoms with Crippen LogP contribution in [0, 0.1) is 0 Å². The van der Waals surface area contributed by atoms with E-state index in [1.165, 1.54) is 0 Å². The second kappa shape index (κ2) is 5.28. The van der Waals surface area contributed by atoms with Crippen LogP contribution in [0.4, 0.5) is 0 Å². The van der Waals surface area contributed by atoms with Gasteiger partial charge in [0.05, 0.1) is 17.2 Å². The van der Waals surface area contributed by atoms with Crippen molar-refractivity contribution in [2.24, 2.45) is 0 Å². The molecule has 2 N–H and O–H groups in total. The predicted octanol–water partition coefficient (Wildman–Crippen LogP) is 0.389. The standard InChI is InChI=1S/C13H14N4O3S/c18-13(15-10-3-5-21(19,20)8-10)12-6-11(16-17-12)9-2-1-4-14-7-9/h1-2,4,6-7,10H,3,5,8H2,(H,15,18)(H,16,17)/t10-/m1/s1. The molecule has 2 aromatic heterocycles. The molecule has 0 aromatic carbocycles. The zero-order valence-electron chi connectivity index (χ0n) is 11.1. The third kappa shape index (κ3) is 3.10. The predicted molar refractivity (Wildman–Crippen MR) is 76.3 cm³/mol. The van der Waals surface area contributed by atoms with Crippen molar-refractivity contribution in [3.05, 3.63) is 36.3 Å². The molecule has 1 atom stereocenters. The molecule has 0 radical (unpaired) electrons. The second-order valence-corrected chi connectivity index (χ2v) is 7.21. The lowest BCUT2D eigenvalue weighted by molar-refractivity contribution is 0.0936. The zero-order chi connectivity index (χ0) is 14.9. The van der Waals surface area contributed by atoms with Crippen molar-refractivity contribution in [2.75, 3.05) is 11.5 Å². The Morgan fingerprint density at radius 3 is 2.95 bits per heavy atom. The highest BCUT2D eigenvalue weighted by Crippen LogP contribution is 2.16. The minimum Gasteiger partial charge on any atom is -0.347 e. The Bertz CT molecular complexity index is 755. The molecule has 2 aromatic rings. The topological polar surface area (TPSA) is 105 Å². The maximum atomic E-state index is 12.1. The molecule has 8 heteroatoms. The summed E-state index contributed by atoms with van der Waals surface area (Å²) in [6.07, 6.45) is 3.77. The van der Waals surface area contributed by atoms with Crippen LogP contribution in [0.25, 0.3) is 11.3 Å². The number of nitrogens with zero attached hydrogens (tertiary/aromatic N) is 2. The molecule has 1 saturated heterocycles. The van der Waals surface area contributed by atoms with E-state index in [2.05, 4.69) is 20.5 Å². The molecule has 0 bridgehead atoms. The zero-order valence-corrected chi connectivity index (χ0v) is 11.9. The van der Waals surface area contributed by atoms with Crippen molar-refractivity contribution < 1.29 is 13.2 Å². The first-order valence-electron chi connectivity index (χ1n) is 6.50. The Balaban J connectivity index is 1.70. The normalized spacial score (nSPS) is 20.3. The van der Waals surface area contributed by atoms with Crippen molar-refractivity contribution >= 4 is 15.7 Å². The van der Waals surface area contributed by atoms with Crippen molar-refractivity contribution in [2.45, 2.75) is 12.5 Å². The highest BCUT2D eigenvalue weighted by atomic mass is 32.2. The van der Waals surface area contributed by atoms with E-state index in [0.29, 0.717) is 17.8 Å². The number of aromatic amines is 1. The Labute approximate surface area is 121 Å². The smallest absolute Gasteiger partial charge is 0.269 e. The fourth-order valence-electron chi connectivity index (χ4n) is 2.27. The number of nitrogens with one attached hydrogen (secondary N) is 2. The van der Waals surface area contributed by atoms with E-state index in [9.17, 15) is 13.2 Å². The van der Waals surface area contributed by atoms with Crippen LogP contribution in [0.5, 0.6) is 0 Å². The van der Waals surface area contributed by atoms with Gasteiger partial charge in [-0.25, -0.2) is 8.42 Å². The van der Waals surface area contributed by atoms with E-state index in [0.717, 1.165) is 5.56 Å². The lowest BCUT2D eigenvalue weighted by Crippen LogP contribution is -2.35. The van der Waals surface area contributed by atoms with Gasteiger partial charge < -0.3 is 5.32 Å². The molecule has 1 amide bonds. The number of sulfone groups is 1. The lowest BCUT2D eigenvalue weighted by Gasteiger charge is -2.08. The minimum atomic E-state index is -3.01. The SMILES string of the molecule is O=C(N[C@@H]1CCS(=O)(=O)C1)c1cc(-c2cccnc2)n[nH]1. The highest BCUT2D eigenvalue weighted by molar-refractivity contribution is 7.91. The third-order valence-corrected chi connectivity index (χ3v) is 5.12. The average molecular weight is 306 g/mol. The molecule has 0 unspecified atom stereocenters. The van der Waals surface area contributed by atoms with Gasteiger partial charge in [-0.15, -0.1) is 0 Å². The van der Waals surface area contributed by atoms with Crippen LogP contribution in [0.2, 0.25) is 0 Å². The summed E-state index contributed by atoms with van der Waals surface area (Å²) in [7, 11) is -3.01. The summed E-state index contributed by atoms with van der Waals surface area (Å²) in [5.74, 6) is -0.218. The highest BCUT2D eigenvalue weighted by Gasteiger charge is 2.29. The summed E-state index contributed by atoms with van der Waals surface area (Å²) in [5.41, 5.74) is 1.72. The molecular formula is C13H14N4O3S. The van der Waals surface area contributed by atoms with Crippen LogP contribution in [0.1, 0.15) is 16.9 Å². The Hall–Kier alpha value is -2.22. The summed E-state index contributed by atoms with van der Waals surface area (Å²) in [6, 6.07) is 4.92. The summed E-state index contributed by atoms with van der Waals surface area (Å²) in [6.45, 7) is 0. The van der Waals surface area contributed by atoms with Gasteiger partial charge in [0.1, 0.15) is 5.69 Å².